The summed E-state index contributed by atoms with van der Waals surface area (Å²) in [5.41, 5.74) is 7.47. The second-order valence-electron chi connectivity index (χ2n) is 4.93. The maximum absolute atomic E-state index is 6.06. The monoisotopic (exact) mass is 356 g/mol. The normalized spacial score (nSPS) is 17.0. The lowest BCUT2D eigenvalue weighted by Crippen LogP contribution is -2.34. The Morgan fingerprint density at radius 1 is 1.37 bits per heavy atom. The van der Waals surface area contributed by atoms with Crippen LogP contribution in [0, 0.1) is 0 Å². The third-order valence-electron chi connectivity index (χ3n) is 3.51. The zero-order chi connectivity index (χ0) is 13.2. The van der Waals surface area contributed by atoms with Gasteiger partial charge in [0.2, 0.25) is 0 Å². The smallest absolute Gasteiger partial charge is 0.0702 e. The topological polar surface area (TPSA) is 29.3 Å². The fourth-order valence-electron chi connectivity index (χ4n) is 2.42. The zero-order valence-electron chi connectivity index (χ0n) is 10.6. The van der Waals surface area contributed by atoms with Crippen LogP contribution in [0.2, 0.25) is 0 Å². The van der Waals surface area contributed by atoms with Crippen molar-refractivity contribution in [3.8, 4) is 0 Å². The lowest BCUT2D eigenvalue weighted by molar-refractivity contribution is 0.185. The van der Waals surface area contributed by atoms with Gasteiger partial charge in [-0.15, -0.1) is 11.3 Å². The number of hydrogen-bond donors (Lipinski definition) is 1. The van der Waals surface area contributed by atoms with Crippen molar-refractivity contribution in [3.63, 3.8) is 0 Å². The van der Waals surface area contributed by atoms with Gasteiger partial charge in [-0.05, 0) is 63.3 Å². The molecule has 2 aromatic rings. The van der Waals surface area contributed by atoms with Gasteiger partial charge in [-0.3, -0.25) is 4.90 Å². The molecule has 0 aromatic carbocycles. The molecule has 2 aromatic heterocycles. The Balaban J connectivity index is 1.81. The summed E-state index contributed by atoms with van der Waals surface area (Å²) in [5.74, 6) is 0. The molecule has 1 aliphatic carbocycles. The largest absolute Gasteiger partial charge is 0.329 e. The van der Waals surface area contributed by atoms with Crippen molar-refractivity contribution in [3.05, 3.63) is 43.2 Å². The van der Waals surface area contributed by atoms with Gasteiger partial charge in [0.25, 0.3) is 0 Å². The molecule has 1 atom stereocenters. The molecule has 0 radical (unpaired) electrons. The fourth-order valence-corrected chi connectivity index (χ4v) is 4.63. The van der Waals surface area contributed by atoms with Crippen LogP contribution >= 0.6 is 38.6 Å². The standard InChI is InChI=1S/C14H17BrN2S2/c15-14-4-3-13(19-14)12(7-16)17(11-1-2-11)8-10-5-6-18-9-10/h3-6,9,11-12H,1-2,7-8,16H2. The van der Waals surface area contributed by atoms with Crippen molar-refractivity contribution in [1.29, 1.82) is 0 Å². The highest BCUT2D eigenvalue weighted by atomic mass is 79.9. The third kappa shape index (κ3) is 3.28. The lowest BCUT2D eigenvalue weighted by atomic mass is 10.1. The van der Waals surface area contributed by atoms with Crippen LogP contribution in [0.3, 0.4) is 0 Å². The second kappa shape index (κ2) is 6.06. The first kappa shape index (κ1) is 13.8. The summed E-state index contributed by atoms with van der Waals surface area (Å²) in [6.07, 6.45) is 2.63. The summed E-state index contributed by atoms with van der Waals surface area (Å²) >= 11 is 7.13. The molecule has 102 valence electrons. The number of hydrogen-bond acceptors (Lipinski definition) is 4. The van der Waals surface area contributed by atoms with Gasteiger partial charge in [0.05, 0.1) is 9.83 Å². The average molecular weight is 357 g/mol. The predicted octanol–water partition coefficient (Wildman–Crippen LogP) is 4.24. The zero-order valence-corrected chi connectivity index (χ0v) is 13.8. The summed E-state index contributed by atoms with van der Waals surface area (Å²) < 4.78 is 1.19. The Bertz CT molecular complexity index is 519. The molecular formula is C14H17BrN2S2. The molecule has 1 saturated carbocycles. The van der Waals surface area contributed by atoms with Gasteiger partial charge >= 0.3 is 0 Å². The Kier molecular flexibility index (Phi) is 4.39. The third-order valence-corrected chi connectivity index (χ3v) is 5.96. The van der Waals surface area contributed by atoms with Crippen LogP contribution in [0.5, 0.6) is 0 Å². The van der Waals surface area contributed by atoms with E-state index in [4.69, 9.17) is 5.73 Å². The van der Waals surface area contributed by atoms with Crippen molar-refractivity contribution >= 4 is 38.6 Å². The minimum atomic E-state index is 0.351. The van der Waals surface area contributed by atoms with Gasteiger partial charge in [-0.25, -0.2) is 0 Å². The number of nitrogens with zero attached hydrogens (tertiary/aromatic N) is 1. The van der Waals surface area contributed by atoms with Crippen molar-refractivity contribution in [2.24, 2.45) is 5.73 Å². The number of rotatable bonds is 6. The fraction of sp³-hybridized carbons (Fsp3) is 0.429. The van der Waals surface area contributed by atoms with Crippen LogP contribution in [-0.4, -0.2) is 17.5 Å². The first-order valence-electron chi connectivity index (χ1n) is 6.50. The molecule has 0 spiro atoms. The maximum Gasteiger partial charge on any atom is 0.0702 e. The number of nitrogens with two attached hydrogens (primary N) is 1. The summed E-state index contributed by atoms with van der Waals surface area (Å²) in [4.78, 5) is 3.96. The van der Waals surface area contributed by atoms with E-state index in [1.165, 1.54) is 27.1 Å². The van der Waals surface area contributed by atoms with Crippen molar-refractivity contribution in [2.45, 2.75) is 31.5 Å². The molecule has 2 N–H and O–H groups in total. The molecule has 19 heavy (non-hydrogen) atoms. The Labute approximate surface area is 130 Å². The highest BCUT2D eigenvalue weighted by Gasteiger charge is 2.34. The molecular weight excluding hydrogens is 340 g/mol. The van der Waals surface area contributed by atoms with E-state index >= 15 is 0 Å². The Hall–Kier alpha value is -0.200. The SMILES string of the molecule is NCC(c1ccc(Br)s1)N(Cc1ccsc1)C1CC1. The average Bonchev–Trinajstić information content (AvgIpc) is 2.95. The molecule has 2 nitrogen and oxygen atoms in total. The highest BCUT2D eigenvalue weighted by molar-refractivity contribution is 9.11. The molecule has 0 bridgehead atoms. The molecule has 0 saturated heterocycles. The van der Waals surface area contributed by atoms with Crippen LogP contribution < -0.4 is 5.73 Å². The van der Waals surface area contributed by atoms with Gasteiger partial charge in [0.1, 0.15) is 0 Å². The van der Waals surface area contributed by atoms with Gasteiger partial charge in [-0.2, -0.15) is 11.3 Å². The van der Waals surface area contributed by atoms with Crippen molar-refractivity contribution < 1.29 is 0 Å². The maximum atomic E-state index is 6.06. The van der Waals surface area contributed by atoms with E-state index in [-0.39, 0.29) is 0 Å². The molecule has 1 fully saturated rings. The van der Waals surface area contributed by atoms with Gasteiger partial charge in [0.15, 0.2) is 0 Å². The van der Waals surface area contributed by atoms with Crippen LogP contribution in [0.1, 0.15) is 29.3 Å². The number of thiophene rings is 2. The van der Waals surface area contributed by atoms with Crippen LogP contribution in [0.25, 0.3) is 0 Å². The van der Waals surface area contributed by atoms with Gasteiger partial charge in [0, 0.05) is 24.0 Å². The molecule has 3 rings (SSSR count). The van der Waals surface area contributed by atoms with Crippen molar-refractivity contribution in [1.82, 2.24) is 4.90 Å². The minimum Gasteiger partial charge on any atom is -0.329 e. The van der Waals surface area contributed by atoms with E-state index in [9.17, 15) is 0 Å². The molecule has 0 amide bonds. The molecule has 5 heteroatoms. The summed E-state index contributed by atoms with van der Waals surface area (Å²) in [7, 11) is 0. The summed E-state index contributed by atoms with van der Waals surface area (Å²) in [5, 5.41) is 4.40. The Morgan fingerprint density at radius 2 is 2.21 bits per heavy atom. The number of halogens is 1. The predicted molar refractivity (Wildman–Crippen MR) is 86.7 cm³/mol. The van der Waals surface area contributed by atoms with Crippen LogP contribution in [-0.2, 0) is 6.54 Å². The lowest BCUT2D eigenvalue weighted by Gasteiger charge is -2.30. The Morgan fingerprint density at radius 3 is 2.74 bits per heavy atom. The van der Waals surface area contributed by atoms with Gasteiger partial charge < -0.3 is 5.73 Å². The van der Waals surface area contributed by atoms with Crippen LogP contribution in [0.4, 0.5) is 0 Å². The van der Waals surface area contributed by atoms with Crippen LogP contribution in [0.15, 0.2) is 32.7 Å². The van der Waals surface area contributed by atoms with E-state index in [1.807, 2.05) is 0 Å². The molecule has 1 unspecified atom stereocenters. The molecule has 1 aliphatic rings. The highest BCUT2D eigenvalue weighted by Crippen LogP contribution is 2.38. The minimum absolute atomic E-state index is 0.351. The van der Waals surface area contributed by atoms with E-state index < -0.39 is 0 Å². The first-order chi connectivity index (χ1) is 9.28. The summed E-state index contributed by atoms with van der Waals surface area (Å²) in [6, 6.07) is 7.61. The van der Waals surface area contributed by atoms with E-state index in [1.54, 1.807) is 22.7 Å². The second-order valence-corrected chi connectivity index (χ2v) is 8.20. The quantitative estimate of drug-likeness (QED) is 0.838. The first-order valence-corrected chi connectivity index (χ1v) is 9.05. The molecule has 0 aliphatic heterocycles. The van der Waals surface area contributed by atoms with Gasteiger partial charge in [-0.1, -0.05) is 0 Å². The summed E-state index contributed by atoms with van der Waals surface area (Å²) in [6.45, 7) is 1.71. The molecule has 2 heterocycles. The van der Waals surface area contributed by atoms with E-state index in [0.29, 0.717) is 18.6 Å². The van der Waals surface area contributed by atoms with E-state index in [2.05, 4.69) is 49.8 Å². The van der Waals surface area contributed by atoms with Crippen molar-refractivity contribution in [2.75, 3.05) is 6.54 Å². The van der Waals surface area contributed by atoms with E-state index in [0.717, 1.165) is 6.54 Å².